The molecular weight excluding hydrogens is 208 g/mol. The van der Waals surface area contributed by atoms with Crippen molar-refractivity contribution >= 4 is 22.8 Å². The number of ether oxygens (including phenoxy) is 1. The van der Waals surface area contributed by atoms with Gasteiger partial charge in [0, 0.05) is 5.75 Å². The smallest absolute Gasteiger partial charge is 0.166 e. The summed E-state index contributed by atoms with van der Waals surface area (Å²) in [6, 6.07) is 8.08. The molecule has 0 saturated carbocycles. The average Bonchev–Trinajstić information content (AvgIpc) is 2.83. The number of thioether (sulfide) groups is 1. The molecule has 1 aliphatic heterocycles. The molecule has 1 fully saturated rings. The van der Waals surface area contributed by atoms with Gasteiger partial charge in [-0.05, 0) is 19.1 Å². The van der Waals surface area contributed by atoms with Gasteiger partial charge in [0.1, 0.15) is 0 Å². The lowest BCUT2D eigenvalue weighted by Crippen LogP contribution is -2.07. The predicted molar refractivity (Wildman–Crippen MR) is 61.2 cm³/mol. The second kappa shape index (κ2) is 3.25. The van der Waals surface area contributed by atoms with E-state index in [1.807, 2.05) is 24.3 Å². The second-order valence-corrected chi connectivity index (χ2v) is 5.05. The maximum Gasteiger partial charge on any atom is 0.166 e. The number of aromatic amines is 1. The monoisotopic (exact) mass is 220 g/mol. The number of benzene rings is 1. The largest absolute Gasteiger partial charge is 0.369 e. The van der Waals surface area contributed by atoms with E-state index >= 15 is 0 Å². The van der Waals surface area contributed by atoms with Crippen LogP contribution in [0.2, 0.25) is 0 Å². The van der Waals surface area contributed by atoms with Gasteiger partial charge in [-0.15, -0.1) is 0 Å². The summed E-state index contributed by atoms with van der Waals surface area (Å²) in [5, 5.41) is 0.980. The van der Waals surface area contributed by atoms with E-state index in [0.29, 0.717) is 0 Å². The molecule has 2 aromatic rings. The molecule has 0 aliphatic carbocycles. The quantitative estimate of drug-likeness (QED) is 0.638. The van der Waals surface area contributed by atoms with Gasteiger partial charge in [-0.25, -0.2) is 4.98 Å². The highest BCUT2D eigenvalue weighted by Crippen LogP contribution is 2.32. The van der Waals surface area contributed by atoms with Crippen molar-refractivity contribution in [1.29, 1.82) is 0 Å². The molecule has 2 heterocycles. The van der Waals surface area contributed by atoms with Gasteiger partial charge in [0.15, 0.2) is 5.16 Å². The van der Waals surface area contributed by atoms with Gasteiger partial charge in [0.25, 0.3) is 0 Å². The zero-order valence-corrected chi connectivity index (χ0v) is 9.30. The molecule has 78 valence electrons. The van der Waals surface area contributed by atoms with Crippen molar-refractivity contribution in [3.63, 3.8) is 0 Å². The van der Waals surface area contributed by atoms with Crippen molar-refractivity contribution in [2.45, 2.75) is 17.7 Å². The SMILES string of the molecule is CC1(CSc2nc3ccccc3[nH]2)CO1. The molecule has 1 saturated heterocycles. The average molecular weight is 220 g/mol. The summed E-state index contributed by atoms with van der Waals surface area (Å²) >= 11 is 1.72. The number of fused-ring (bicyclic) bond motifs is 1. The van der Waals surface area contributed by atoms with E-state index in [0.717, 1.165) is 28.5 Å². The minimum absolute atomic E-state index is 0.0869. The Hall–Kier alpha value is -1.00. The van der Waals surface area contributed by atoms with Crippen molar-refractivity contribution in [2.24, 2.45) is 0 Å². The van der Waals surface area contributed by atoms with E-state index in [1.54, 1.807) is 11.8 Å². The Morgan fingerprint density at radius 1 is 1.53 bits per heavy atom. The van der Waals surface area contributed by atoms with E-state index in [1.165, 1.54) is 0 Å². The number of H-pyrrole nitrogens is 1. The Morgan fingerprint density at radius 2 is 2.33 bits per heavy atom. The molecule has 1 unspecified atom stereocenters. The summed E-state index contributed by atoms with van der Waals surface area (Å²) < 4.78 is 5.33. The van der Waals surface area contributed by atoms with Crippen LogP contribution in [-0.4, -0.2) is 27.9 Å². The van der Waals surface area contributed by atoms with E-state index in [2.05, 4.69) is 16.9 Å². The van der Waals surface area contributed by atoms with E-state index in [9.17, 15) is 0 Å². The lowest BCUT2D eigenvalue weighted by molar-refractivity contribution is 0.348. The van der Waals surface area contributed by atoms with Crippen LogP contribution < -0.4 is 0 Å². The maximum absolute atomic E-state index is 5.33. The predicted octanol–water partition coefficient (Wildman–Crippen LogP) is 2.44. The van der Waals surface area contributed by atoms with Gasteiger partial charge in [0.2, 0.25) is 0 Å². The Morgan fingerprint density at radius 3 is 3.07 bits per heavy atom. The maximum atomic E-state index is 5.33. The molecule has 1 N–H and O–H groups in total. The number of rotatable bonds is 3. The molecule has 1 aliphatic rings. The highest BCUT2D eigenvalue weighted by molar-refractivity contribution is 7.99. The Bertz CT molecular complexity index is 457. The number of aromatic nitrogens is 2. The van der Waals surface area contributed by atoms with Crippen molar-refractivity contribution < 1.29 is 4.74 Å². The van der Waals surface area contributed by atoms with Crippen LogP contribution in [-0.2, 0) is 4.74 Å². The number of imidazole rings is 1. The third-order valence-corrected chi connectivity index (χ3v) is 3.74. The highest BCUT2D eigenvalue weighted by Gasteiger charge is 2.39. The summed E-state index contributed by atoms with van der Waals surface area (Å²) in [5.41, 5.74) is 2.22. The molecule has 0 amide bonds. The first-order valence-corrected chi connectivity index (χ1v) is 5.95. The van der Waals surface area contributed by atoms with Crippen molar-refractivity contribution in [3.05, 3.63) is 24.3 Å². The molecule has 3 rings (SSSR count). The fraction of sp³-hybridized carbons (Fsp3) is 0.364. The van der Waals surface area contributed by atoms with Crippen molar-refractivity contribution in [2.75, 3.05) is 12.4 Å². The van der Waals surface area contributed by atoms with Crippen molar-refractivity contribution in [1.82, 2.24) is 9.97 Å². The fourth-order valence-corrected chi connectivity index (χ4v) is 2.38. The molecule has 1 atom stereocenters. The van der Waals surface area contributed by atoms with Gasteiger partial charge in [-0.3, -0.25) is 0 Å². The van der Waals surface area contributed by atoms with Crippen LogP contribution in [0.3, 0.4) is 0 Å². The van der Waals surface area contributed by atoms with Crippen LogP contribution in [0.25, 0.3) is 11.0 Å². The zero-order chi connectivity index (χ0) is 10.3. The molecule has 0 spiro atoms. The van der Waals surface area contributed by atoms with Gasteiger partial charge < -0.3 is 9.72 Å². The Kier molecular flexibility index (Phi) is 2.00. The first-order chi connectivity index (χ1) is 7.25. The van der Waals surface area contributed by atoms with Crippen molar-refractivity contribution in [3.8, 4) is 0 Å². The first-order valence-electron chi connectivity index (χ1n) is 4.97. The third-order valence-electron chi connectivity index (χ3n) is 2.52. The van der Waals surface area contributed by atoms with E-state index in [-0.39, 0.29) is 5.60 Å². The third kappa shape index (κ3) is 1.87. The van der Waals surface area contributed by atoms with Gasteiger partial charge in [0.05, 0.1) is 23.2 Å². The van der Waals surface area contributed by atoms with Crippen LogP contribution in [0.4, 0.5) is 0 Å². The standard InChI is InChI=1S/C11H12N2OS/c1-11(6-14-11)7-15-10-12-8-4-2-3-5-9(8)13-10/h2-5H,6-7H2,1H3,(H,12,13). The van der Waals surface area contributed by atoms with Crippen LogP contribution >= 0.6 is 11.8 Å². The zero-order valence-electron chi connectivity index (χ0n) is 8.49. The molecule has 3 nitrogen and oxygen atoms in total. The molecule has 1 aromatic carbocycles. The van der Waals surface area contributed by atoms with Gasteiger partial charge in [-0.2, -0.15) is 0 Å². The number of nitrogens with zero attached hydrogens (tertiary/aromatic N) is 1. The fourth-order valence-electron chi connectivity index (χ4n) is 1.43. The second-order valence-electron chi connectivity index (χ2n) is 4.09. The number of para-hydroxylation sites is 2. The summed E-state index contributed by atoms with van der Waals surface area (Å²) in [6.07, 6.45) is 0. The molecule has 1 aromatic heterocycles. The van der Waals surface area contributed by atoms with Crippen LogP contribution in [0, 0.1) is 0 Å². The lowest BCUT2D eigenvalue weighted by atomic mass is 10.3. The summed E-state index contributed by atoms with van der Waals surface area (Å²) in [4.78, 5) is 7.79. The number of hydrogen-bond donors (Lipinski definition) is 1. The molecule has 4 heteroatoms. The molecule has 0 bridgehead atoms. The van der Waals surface area contributed by atoms with E-state index < -0.39 is 0 Å². The molecule has 0 radical (unpaired) electrons. The minimum atomic E-state index is 0.0869. The van der Waals surface area contributed by atoms with Gasteiger partial charge in [-0.1, -0.05) is 23.9 Å². The van der Waals surface area contributed by atoms with Crippen LogP contribution in [0.5, 0.6) is 0 Å². The normalized spacial score (nSPS) is 24.6. The lowest BCUT2D eigenvalue weighted by Gasteiger charge is -2.00. The summed E-state index contributed by atoms with van der Waals surface area (Å²) in [5.74, 6) is 0.965. The first kappa shape index (κ1) is 9.24. The molecule has 15 heavy (non-hydrogen) atoms. The summed E-state index contributed by atoms with van der Waals surface area (Å²) in [7, 11) is 0. The Balaban J connectivity index is 1.79. The molecular formula is C11H12N2OS. The highest BCUT2D eigenvalue weighted by atomic mass is 32.2. The van der Waals surface area contributed by atoms with Gasteiger partial charge >= 0.3 is 0 Å². The number of epoxide rings is 1. The number of hydrogen-bond acceptors (Lipinski definition) is 3. The topological polar surface area (TPSA) is 41.2 Å². The summed E-state index contributed by atoms with van der Waals surface area (Å²) in [6.45, 7) is 3.00. The van der Waals surface area contributed by atoms with Crippen LogP contribution in [0.15, 0.2) is 29.4 Å². The van der Waals surface area contributed by atoms with Crippen LogP contribution in [0.1, 0.15) is 6.92 Å². The Labute approximate surface area is 92.2 Å². The minimum Gasteiger partial charge on any atom is -0.369 e. The number of nitrogens with one attached hydrogen (secondary N) is 1. The van der Waals surface area contributed by atoms with E-state index in [4.69, 9.17) is 4.74 Å².